The number of rotatable bonds is 3. The number of nitrogens with zero attached hydrogens (tertiary/aromatic N) is 1. The van der Waals surface area contributed by atoms with E-state index in [1.54, 1.807) is 0 Å². The predicted molar refractivity (Wildman–Crippen MR) is 89.9 cm³/mol. The molecule has 0 aromatic heterocycles. The Kier molecular flexibility index (Phi) is 4.31. The Bertz CT molecular complexity index is 700. The Hall–Kier alpha value is -0.623. The Balaban J connectivity index is 2.08. The number of hydrogen-bond donors (Lipinski definition) is 0. The van der Waals surface area contributed by atoms with Crippen molar-refractivity contribution in [3.8, 4) is 11.5 Å². The summed E-state index contributed by atoms with van der Waals surface area (Å²) >= 11 is 3.10. The van der Waals surface area contributed by atoms with E-state index in [4.69, 9.17) is 4.74 Å². The summed E-state index contributed by atoms with van der Waals surface area (Å²) in [6.07, 6.45) is 0. The third-order valence-electron chi connectivity index (χ3n) is 3.36. The standard InChI is InChI=1S/C13H8NO.2CH2.3Al/c1-9-6-7-13-11(8-9)14-10-4-2-3-5-12(10)15-13;;;;;/h3-8H,1H2;2*1H2;;;/q-1;;;;;+1. The molecule has 0 saturated carbocycles. The van der Waals surface area contributed by atoms with Crippen LogP contribution in [-0.4, -0.2) is 56.8 Å². The van der Waals surface area contributed by atoms with Gasteiger partial charge in [-0.25, -0.2) is 0 Å². The zero-order chi connectivity index (χ0) is 14.1. The number of ether oxygens (including phenoxy) is 1. The zero-order valence-electron chi connectivity index (χ0n) is 11.2. The van der Waals surface area contributed by atoms with Gasteiger partial charge in [0, 0.05) is 0 Å². The van der Waals surface area contributed by atoms with E-state index in [1.165, 1.54) is 9.99 Å². The molecule has 0 spiro atoms. The minimum atomic E-state index is 0.0728. The van der Waals surface area contributed by atoms with E-state index in [2.05, 4.69) is 61.5 Å². The first-order chi connectivity index (χ1) is 9.72. The maximum absolute atomic E-state index is 6.01. The van der Waals surface area contributed by atoms with E-state index in [0.29, 0.717) is 0 Å². The topological polar surface area (TPSA) is 12.5 Å². The average Bonchev–Trinajstić information content (AvgIpc) is 2.48. The van der Waals surface area contributed by atoms with Crippen molar-refractivity contribution in [2.75, 3.05) is 3.88 Å². The van der Waals surface area contributed by atoms with E-state index < -0.39 is 0 Å². The molecule has 1 aliphatic heterocycles. The molecule has 2 aromatic carbocycles. The van der Waals surface area contributed by atoms with Crippen LogP contribution in [0.2, 0.25) is 0 Å². The number of benzene rings is 2. The summed E-state index contributed by atoms with van der Waals surface area (Å²) < 4.78 is 9.43. The molecule has 0 aliphatic carbocycles. The second-order valence-corrected chi connectivity index (χ2v) is 7.28. The molecule has 5 heteroatoms. The van der Waals surface area contributed by atoms with Crippen LogP contribution in [0.3, 0.4) is 0 Å². The van der Waals surface area contributed by atoms with Crippen LogP contribution < -0.4 is 13.0 Å². The van der Waals surface area contributed by atoms with Crippen molar-refractivity contribution in [2.45, 2.75) is 5.28 Å². The van der Waals surface area contributed by atoms with E-state index >= 15 is 0 Å². The molecule has 3 rings (SSSR count). The van der Waals surface area contributed by atoms with Crippen LogP contribution in [0.25, 0.3) is 0 Å². The Morgan fingerprint density at radius 1 is 1.05 bits per heavy atom. The van der Waals surface area contributed by atoms with Crippen molar-refractivity contribution >= 4 is 72.6 Å². The summed E-state index contributed by atoms with van der Waals surface area (Å²) in [7, 11) is 0. The molecule has 1 aliphatic rings. The molecule has 0 N–H and O–H groups in total. The van der Waals surface area contributed by atoms with Crippen molar-refractivity contribution < 1.29 is 4.74 Å². The molecule has 0 atom stereocenters. The molecule has 0 saturated heterocycles. The van der Waals surface area contributed by atoms with Gasteiger partial charge in [-0.05, 0) is 0 Å². The first-order valence-corrected chi connectivity index (χ1v) is 10.00. The van der Waals surface area contributed by atoms with Gasteiger partial charge in [0.25, 0.3) is 0 Å². The molecule has 0 amide bonds. The van der Waals surface area contributed by atoms with Gasteiger partial charge < -0.3 is 0 Å². The summed E-state index contributed by atoms with van der Waals surface area (Å²) in [6.45, 7) is 0. The molecule has 2 nitrogen and oxygen atoms in total. The summed E-state index contributed by atoms with van der Waals surface area (Å²) in [5.41, 5.74) is 3.52. The van der Waals surface area contributed by atoms with Gasteiger partial charge in [-0.1, -0.05) is 0 Å². The molecule has 0 fully saturated rings. The minimum absolute atomic E-state index is 0.0728. The molecule has 0 unspecified atom stereocenters. The van der Waals surface area contributed by atoms with Gasteiger partial charge in [-0.3, -0.25) is 0 Å². The van der Waals surface area contributed by atoms with E-state index in [0.717, 1.165) is 28.2 Å². The normalized spacial score (nSPS) is 11.7. The number of hydrogen-bond acceptors (Lipinski definition) is 2. The summed E-state index contributed by atoms with van der Waals surface area (Å²) in [6, 6.07) is 12.7. The number of anilines is 2. The van der Waals surface area contributed by atoms with Gasteiger partial charge in [0.2, 0.25) is 0 Å². The Morgan fingerprint density at radius 3 is 2.45 bits per heavy atom. The molecule has 1 heterocycles. The molecule has 2 radical (unpaired) electrons. The van der Waals surface area contributed by atoms with Crippen LogP contribution in [0.1, 0.15) is 5.56 Å². The van der Waals surface area contributed by atoms with Crippen molar-refractivity contribution in [3.05, 3.63) is 42.0 Å². The van der Waals surface area contributed by atoms with Crippen LogP contribution in [0, 0.1) is 0 Å². The van der Waals surface area contributed by atoms with Crippen LogP contribution in [-0.2, 0) is 5.28 Å². The van der Waals surface area contributed by atoms with Gasteiger partial charge in [0.15, 0.2) is 0 Å². The van der Waals surface area contributed by atoms with Gasteiger partial charge in [-0.15, -0.1) is 0 Å². The molecule has 2 aromatic rings. The molecular formula is C15H12Al3NO. The van der Waals surface area contributed by atoms with E-state index in [9.17, 15) is 0 Å². The van der Waals surface area contributed by atoms with E-state index in [1.807, 2.05) is 6.07 Å². The number of fused-ring (bicyclic) bond motifs is 2. The summed E-state index contributed by atoms with van der Waals surface area (Å²) in [4.78, 5) is 0. The van der Waals surface area contributed by atoms with Gasteiger partial charge in [-0.2, -0.15) is 0 Å². The second kappa shape index (κ2) is 6.01. The monoisotopic (exact) mass is 303 g/mol. The Labute approximate surface area is 139 Å². The SMILES string of the molecule is [CH2]=[Al][CH2]c1ccc2c(c1)[N]([Al])c1c[c]([Al]=[CH2])ccc1O2. The fraction of sp³-hybridized carbons (Fsp3) is 0.0667. The molecule has 0 bridgehead atoms. The zero-order valence-corrected chi connectivity index (χ0v) is 14.6. The molecule has 20 heavy (non-hydrogen) atoms. The quantitative estimate of drug-likeness (QED) is 0.795. The molecule has 92 valence electrons. The average molecular weight is 303 g/mol. The summed E-state index contributed by atoms with van der Waals surface area (Å²) in [5.74, 6) is 1.81. The third kappa shape index (κ3) is 2.60. The van der Waals surface area contributed by atoms with Gasteiger partial charge in [0.05, 0.1) is 0 Å². The first-order valence-electron chi connectivity index (χ1n) is 6.46. The molecular weight excluding hydrogens is 291 g/mol. The van der Waals surface area contributed by atoms with E-state index in [-0.39, 0.29) is 29.6 Å². The fourth-order valence-corrected chi connectivity index (χ4v) is 3.81. The maximum atomic E-state index is 6.01. The van der Waals surface area contributed by atoms with Crippen LogP contribution >= 0.6 is 0 Å². The predicted octanol–water partition coefficient (Wildman–Crippen LogP) is 1.41. The van der Waals surface area contributed by atoms with Crippen molar-refractivity contribution in [1.82, 2.24) is 0 Å². The van der Waals surface area contributed by atoms with Crippen molar-refractivity contribution in [1.29, 1.82) is 0 Å². The van der Waals surface area contributed by atoms with Gasteiger partial charge >= 0.3 is 140 Å². The first kappa shape index (κ1) is 14.3. The Morgan fingerprint density at radius 2 is 1.75 bits per heavy atom. The van der Waals surface area contributed by atoms with Crippen LogP contribution in [0.15, 0.2) is 36.4 Å². The van der Waals surface area contributed by atoms with Crippen LogP contribution in [0.5, 0.6) is 11.5 Å². The third-order valence-corrected chi connectivity index (χ3v) is 5.51. The van der Waals surface area contributed by atoms with Crippen LogP contribution in [0.4, 0.5) is 11.4 Å². The van der Waals surface area contributed by atoms with Gasteiger partial charge in [0.1, 0.15) is 0 Å². The fourth-order valence-electron chi connectivity index (χ4n) is 2.32. The second-order valence-electron chi connectivity index (χ2n) is 4.70. The van der Waals surface area contributed by atoms with Crippen molar-refractivity contribution in [3.63, 3.8) is 0 Å². The summed E-state index contributed by atoms with van der Waals surface area (Å²) in [5, 5.41) is 9.10. The van der Waals surface area contributed by atoms with Crippen molar-refractivity contribution in [2.24, 2.45) is 0 Å².